The molecule has 192 valence electrons. The Kier molecular flexibility index (Phi) is 6.69. The van der Waals surface area contributed by atoms with E-state index >= 15 is 0 Å². The molecule has 0 spiro atoms. The van der Waals surface area contributed by atoms with Crippen LogP contribution in [0.25, 0.3) is 10.4 Å². The van der Waals surface area contributed by atoms with Crippen LogP contribution in [0.3, 0.4) is 0 Å². The molecule has 0 amide bonds. The number of rotatable bonds is 6. The lowest BCUT2D eigenvalue weighted by Gasteiger charge is -2.44. The first-order valence-electron chi connectivity index (χ1n) is 11.1. The number of thiazole rings is 1. The van der Waals surface area contributed by atoms with Crippen molar-refractivity contribution >= 4 is 28.9 Å². The molecule has 1 aromatic carbocycles. The van der Waals surface area contributed by atoms with Crippen molar-refractivity contribution in [1.29, 1.82) is 0 Å². The highest BCUT2D eigenvalue weighted by atomic mass is 32.1. The molecule has 36 heavy (non-hydrogen) atoms. The monoisotopic (exact) mass is 522 g/mol. The summed E-state index contributed by atoms with van der Waals surface area (Å²) in [7, 11) is 1.47. The zero-order valence-corrected chi connectivity index (χ0v) is 20.6. The van der Waals surface area contributed by atoms with Crippen molar-refractivity contribution in [2.75, 3.05) is 12.4 Å². The maximum Gasteiger partial charge on any atom is 0.433 e. The Morgan fingerprint density at radius 3 is 2.64 bits per heavy atom. The highest BCUT2D eigenvalue weighted by Gasteiger charge is 2.49. The smallest absolute Gasteiger partial charge is 0.433 e. The standard InChI is InChI=1S/C24H25F3N4O4S/c1-22(2)12-23(34,6-4-16(22)19(32)33)20-29-11-17(36-20)13-8-14(10-15(9-13)35-3)30-21-28-7-5-18(31-21)24(25,26)27/h5,7-11,16,34H,4,6,12H2,1-3H3,(H,32,33)(H,28,30,31)/t16-,23-/m1/s1. The number of benzene rings is 1. The third-order valence-corrected chi connectivity index (χ3v) is 7.61. The van der Waals surface area contributed by atoms with Crippen molar-refractivity contribution in [1.82, 2.24) is 15.0 Å². The number of alkyl halides is 3. The van der Waals surface area contributed by atoms with Gasteiger partial charge in [0.05, 0.1) is 17.9 Å². The number of hydrogen-bond acceptors (Lipinski definition) is 8. The van der Waals surface area contributed by atoms with Crippen LogP contribution in [0.4, 0.5) is 24.8 Å². The third-order valence-electron chi connectivity index (χ3n) is 6.37. The van der Waals surface area contributed by atoms with E-state index in [4.69, 9.17) is 4.74 Å². The van der Waals surface area contributed by atoms with E-state index in [0.29, 0.717) is 33.3 Å². The van der Waals surface area contributed by atoms with Gasteiger partial charge in [0.1, 0.15) is 22.1 Å². The number of aliphatic hydroxyl groups is 1. The number of carboxylic acid groups (broad SMARTS) is 1. The minimum absolute atomic E-state index is 0.222. The van der Waals surface area contributed by atoms with Crippen LogP contribution < -0.4 is 10.1 Å². The van der Waals surface area contributed by atoms with Crippen LogP contribution in [0.5, 0.6) is 5.75 Å². The number of carbonyl (C=O) groups is 1. The molecule has 2 aromatic heterocycles. The Bertz CT molecular complexity index is 1280. The van der Waals surface area contributed by atoms with Crippen molar-refractivity contribution in [2.24, 2.45) is 11.3 Å². The number of carboxylic acids is 1. The lowest BCUT2D eigenvalue weighted by atomic mass is 9.63. The highest BCUT2D eigenvalue weighted by Crippen LogP contribution is 2.51. The van der Waals surface area contributed by atoms with Gasteiger partial charge in [0, 0.05) is 24.1 Å². The van der Waals surface area contributed by atoms with Crippen molar-refractivity contribution in [2.45, 2.75) is 44.9 Å². The highest BCUT2D eigenvalue weighted by molar-refractivity contribution is 7.15. The number of nitrogens with one attached hydrogen (secondary N) is 1. The topological polar surface area (TPSA) is 117 Å². The number of nitrogens with zero attached hydrogens (tertiary/aromatic N) is 3. The van der Waals surface area contributed by atoms with Crippen molar-refractivity contribution in [3.8, 4) is 16.2 Å². The molecule has 1 aliphatic rings. The van der Waals surface area contributed by atoms with E-state index in [1.165, 1.54) is 18.4 Å². The first kappa shape index (κ1) is 25.8. The van der Waals surface area contributed by atoms with Gasteiger partial charge in [-0.15, -0.1) is 11.3 Å². The molecular formula is C24H25F3N4O4S. The minimum Gasteiger partial charge on any atom is -0.497 e. The maximum absolute atomic E-state index is 13.0. The molecule has 1 aliphatic carbocycles. The van der Waals surface area contributed by atoms with Crippen LogP contribution in [-0.4, -0.2) is 38.2 Å². The zero-order valence-electron chi connectivity index (χ0n) is 19.8. The molecule has 2 atom stereocenters. The third kappa shape index (κ3) is 5.29. The van der Waals surface area contributed by atoms with Gasteiger partial charge in [-0.2, -0.15) is 13.2 Å². The van der Waals surface area contributed by atoms with E-state index in [2.05, 4.69) is 20.3 Å². The molecule has 0 aliphatic heterocycles. The lowest BCUT2D eigenvalue weighted by molar-refractivity contribution is -0.154. The Balaban J connectivity index is 1.62. The fourth-order valence-corrected chi connectivity index (χ4v) is 5.66. The van der Waals surface area contributed by atoms with Gasteiger partial charge in [-0.1, -0.05) is 13.8 Å². The van der Waals surface area contributed by atoms with Crippen molar-refractivity contribution in [3.05, 3.63) is 47.4 Å². The summed E-state index contributed by atoms with van der Waals surface area (Å²) in [5.74, 6) is -1.20. The number of hydrogen-bond donors (Lipinski definition) is 3. The molecule has 0 saturated heterocycles. The fourth-order valence-electron chi connectivity index (χ4n) is 4.64. The molecule has 12 heteroatoms. The van der Waals surface area contributed by atoms with Crippen molar-refractivity contribution < 1.29 is 32.9 Å². The Morgan fingerprint density at radius 2 is 2.00 bits per heavy atom. The fraction of sp³-hybridized carbons (Fsp3) is 0.417. The molecule has 2 heterocycles. The van der Waals surface area contributed by atoms with Gasteiger partial charge in [-0.25, -0.2) is 15.0 Å². The molecule has 0 unspecified atom stereocenters. The molecule has 8 nitrogen and oxygen atoms in total. The summed E-state index contributed by atoms with van der Waals surface area (Å²) < 4.78 is 44.4. The summed E-state index contributed by atoms with van der Waals surface area (Å²) in [5, 5.41) is 24.2. The van der Waals surface area contributed by atoms with Gasteiger partial charge in [-0.05, 0) is 48.4 Å². The average molecular weight is 523 g/mol. The quantitative estimate of drug-likeness (QED) is 0.390. The van der Waals surface area contributed by atoms with E-state index in [1.807, 2.05) is 13.8 Å². The second-order valence-corrected chi connectivity index (χ2v) is 10.5. The number of aromatic nitrogens is 3. The molecule has 4 rings (SSSR count). The van der Waals surface area contributed by atoms with Crippen LogP contribution >= 0.6 is 11.3 Å². The van der Waals surface area contributed by atoms with E-state index in [9.17, 15) is 28.2 Å². The maximum atomic E-state index is 13.0. The molecule has 0 bridgehead atoms. The number of anilines is 2. The van der Waals surface area contributed by atoms with Gasteiger partial charge in [0.15, 0.2) is 0 Å². The first-order valence-corrected chi connectivity index (χ1v) is 11.9. The number of aliphatic carboxylic acids is 1. The van der Waals surface area contributed by atoms with E-state index < -0.39 is 34.8 Å². The summed E-state index contributed by atoms with van der Waals surface area (Å²) >= 11 is 1.27. The summed E-state index contributed by atoms with van der Waals surface area (Å²) in [5.41, 5.74) is -1.88. The minimum atomic E-state index is -4.60. The van der Waals surface area contributed by atoms with Gasteiger partial charge in [0.2, 0.25) is 5.95 Å². The molecular weight excluding hydrogens is 497 g/mol. The van der Waals surface area contributed by atoms with Crippen LogP contribution in [0, 0.1) is 11.3 Å². The molecule has 1 saturated carbocycles. The van der Waals surface area contributed by atoms with Crippen LogP contribution in [0.1, 0.15) is 43.8 Å². The van der Waals surface area contributed by atoms with Crippen LogP contribution in [0.15, 0.2) is 36.7 Å². The first-order chi connectivity index (χ1) is 16.8. The van der Waals surface area contributed by atoms with E-state index in [1.54, 1.807) is 24.4 Å². The van der Waals surface area contributed by atoms with Gasteiger partial charge in [-0.3, -0.25) is 4.79 Å². The van der Waals surface area contributed by atoms with Gasteiger partial charge < -0.3 is 20.3 Å². The van der Waals surface area contributed by atoms with Gasteiger partial charge >= 0.3 is 12.1 Å². The molecule has 3 aromatic rings. The van der Waals surface area contributed by atoms with E-state index in [0.717, 1.165) is 12.3 Å². The van der Waals surface area contributed by atoms with Crippen LogP contribution in [-0.2, 0) is 16.6 Å². The normalized spacial score (nSPS) is 21.7. The Hall–Kier alpha value is -3.25. The second kappa shape index (κ2) is 9.32. The summed E-state index contributed by atoms with van der Waals surface area (Å²) in [6.45, 7) is 3.67. The Labute approximate surface area is 209 Å². The molecule has 1 fully saturated rings. The van der Waals surface area contributed by atoms with Gasteiger partial charge in [0.25, 0.3) is 0 Å². The Morgan fingerprint density at radius 1 is 1.25 bits per heavy atom. The SMILES string of the molecule is COc1cc(Nc2nccc(C(F)(F)F)n2)cc(-c2cnc([C@@]3(O)CC[C@H](C(=O)O)C(C)(C)C3)s2)c1. The predicted octanol–water partition coefficient (Wildman–Crippen LogP) is 5.47. The molecule has 0 radical (unpaired) electrons. The molecule has 3 N–H and O–H groups in total. The van der Waals surface area contributed by atoms with Crippen molar-refractivity contribution in [3.63, 3.8) is 0 Å². The van der Waals surface area contributed by atoms with Crippen LogP contribution in [0.2, 0.25) is 0 Å². The average Bonchev–Trinajstić information content (AvgIpc) is 3.29. The largest absolute Gasteiger partial charge is 0.497 e. The second-order valence-electron chi connectivity index (χ2n) is 9.49. The van der Waals surface area contributed by atoms with E-state index in [-0.39, 0.29) is 18.8 Å². The predicted molar refractivity (Wildman–Crippen MR) is 127 cm³/mol. The summed E-state index contributed by atoms with van der Waals surface area (Å²) in [6.07, 6.45) is -1.11. The summed E-state index contributed by atoms with van der Waals surface area (Å²) in [6, 6.07) is 5.82. The number of halogens is 3. The zero-order chi connectivity index (χ0) is 26.3. The number of ether oxygens (including phenoxy) is 1. The lowest BCUT2D eigenvalue weighted by Crippen LogP contribution is -2.44. The number of methoxy groups -OCH3 is 1. The summed E-state index contributed by atoms with van der Waals surface area (Å²) in [4.78, 5) is 24.2.